The van der Waals surface area contributed by atoms with E-state index >= 15 is 0 Å². The van der Waals surface area contributed by atoms with Gasteiger partial charge in [0.25, 0.3) is 5.91 Å². The largest absolute Gasteiger partial charge is 0.573 e. The number of carbonyl (C=O) groups excluding carboxylic acids is 2. The van der Waals surface area contributed by atoms with Gasteiger partial charge in [-0.15, -0.1) is 13.2 Å². The first kappa shape index (κ1) is 20.8. The average Bonchev–Trinajstić information content (AvgIpc) is 3.21. The third kappa shape index (κ3) is 5.52. The van der Waals surface area contributed by atoms with Crippen LogP contribution >= 0.6 is 0 Å². The fourth-order valence-electron chi connectivity index (χ4n) is 3.27. The zero-order valence-corrected chi connectivity index (χ0v) is 15.7. The number of alkyl halides is 3. The fourth-order valence-corrected chi connectivity index (χ4v) is 3.27. The van der Waals surface area contributed by atoms with Gasteiger partial charge in [-0.05, 0) is 49.6 Å². The van der Waals surface area contributed by atoms with Crippen molar-refractivity contribution in [2.75, 3.05) is 13.1 Å². The molecular formula is C20H21F3N2O4. The summed E-state index contributed by atoms with van der Waals surface area (Å²) in [4.78, 5) is 26.5. The molecule has 9 heteroatoms. The summed E-state index contributed by atoms with van der Waals surface area (Å²) in [7, 11) is 0. The van der Waals surface area contributed by atoms with Crippen LogP contribution in [0, 0.1) is 5.92 Å². The number of hydrogen-bond donors (Lipinski definition) is 1. The third-order valence-electron chi connectivity index (χ3n) is 4.86. The molecule has 0 radical (unpaired) electrons. The van der Waals surface area contributed by atoms with Crippen molar-refractivity contribution >= 4 is 11.8 Å². The maximum atomic E-state index is 12.5. The molecule has 1 unspecified atom stereocenters. The molecule has 0 aliphatic carbocycles. The first-order valence-electron chi connectivity index (χ1n) is 9.22. The number of nitrogens with one attached hydrogen (secondary N) is 1. The second-order valence-electron chi connectivity index (χ2n) is 6.89. The molecule has 1 saturated heterocycles. The number of carbonyl (C=O) groups is 2. The van der Waals surface area contributed by atoms with Crippen LogP contribution in [0.1, 0.15) is 41.9 Å². The lowest BCUT2D eigenvalue weighted by molar-refractivity contribution is -0.274. The van der Waals surface area contributed by atoms with Gasteiger partial charge in [0.15, 0.2) is 5.76 Å². The highest BCUT2D eigenvalue weighted by Crippen LogP contribution is 2.25. The zero-order chi connectivity index (χ0) is 21.0. The Morgan fingerprint density at radius 3 is 2.38 bits per heavy atom. The maximum Gasteiger partial charge on any atom is 0.573 e. The number of piperidine rings is 1. The highest BCUT2D eigenvalue weighted by Gasteiger charge is 2.31. The Bertz CT molecular complexity index is 826. The number of hydrogen-bond acceptors (Lipinski definition) is 4. The molecule has 1 fully saturated rings. The maximum absolute atomic E-state index is 12.5. The summed E-state index contributed by atoms with van der Waals surface area (Å²) in [6.07, 6.45) is -2.24. The first-order valence-corrected chi connectivity index (χ1v) is 9.22. The molecule has 2 heterocycles. The van der Waals surface area contributed by atoms with Gasteiger partial charge in [-0.2, -0.15) is 0 Å². The number of benzene rings is 1. The van der Waals surface area contributed by atoms with Gasteiger partial charge >= 0.3 is 6.36 Å². The topological polar surface area (TPSA) is 71.8 Å². The van der Waals surface area contributed by atoms with E-state index in [4.69, 9.17) is 4.42 Å². The van der Waals surface area contributed by atoms with E-state index in [0.29, 0.717) is 31.5 Å². The van der Waals surface area contributed by atoms with E-state index < -0.39 is 6.36 Å². The molecule has 1 aromatic carbocycles. The molecule has 0 bridgehead atoms. The fraction of sp³-hybridized carbons (Fsp3) is 0.400. The molecule has 0 saturated carbocycles. The van der Waals surface area contributed by atoms with Crippen LogP contribution in [0.3, 0.4) is 0 Å². The highest BCUT2D eigenvalue weighted by molar-refractivity contribution is 5.91. The zero-order valence-electron chi connectivity index (χ0n) is 15.7. The summed E-state index contributed by atoms with van der Waals surface area (Å²) in [6.45, 7) is 2.66. The van der Waals surface area contributed by atoms with E-state index in [1.807, 2.05) is 0 Å². The molecule has 156 valence electrons. The van der Waals surface area contributed by atoms with Crippen molar-refractivity contribution in [2.24, 2.45) is 5.92 Å². The predicted octanol–water partition coefficient (Wildman–Crippen LogP) is 3.91. The molecule has 29 heavy (non-hydrogen) atoms. The van der Waals surface area contributed by atoms with Gasteiger partial charge in [-0.1, -0.05) is 12.1 Å². The van der Waals surface area contributed by atoms with Crippen LogP contribution in [-0.4, -0.2) is 36.2 Å². The Morgan fingerprint density at radius 2 is 1.83 bits per heavy atom. The second-order valence-corrected chi connectivity index (χ2v) is 6.89. The lowest BCUT2D eigenvalue weighted by Crippen LogP contribution is -2.43. The smallest absolute Gasteiger partial charge is 0.459 e. The number of ether oxygens (including phenoxy) is 1. The number of halogens is 3. The Labute approximate surface area is 165 Å². The van der Waals surface area contributed by atoms with Gasteiger partial charge in [0.05, 0.1) is 12.3 Å². The van der Waals surface area contributed by atoms with E-state index in [-0.39, 0.29) is 35.3 Å². The lowest BCUT2D eigenvalue weighted by Gasteiger charge is -2.31. The molecule has 1 N–H and O–H groups in total. The van der Waals surface area contributed by atoms with E-state index in [0.717, 1.165) is 0 Å². The van der Waals surface area contributed by atoms with E-state index in [1.165, 1.54) is 30.5 Å². The quantitative estimate of drug-likeness (QED) is 0.811. The van der Waals surface area contributed by atoms with Crippen LogP contribution in [0.25, 0.3) is 0 Å². The van der Waals surface area contributed by atoms with Gasteiger partial charge in [-0.3, -0.25) is 9.59 Å². The molecule has 1 aliphatic heterocycles. The molecule has 1 atom stereocenters. The first-order chi connectivity index (χ1) is 13.7. The third-order valence-corrected chi connectivity index (χ3v) is 4.86. The molecule has 3 rings (SSSR count). The van der Waals surface area contributed by atoms with Crippen LogP contribution in [-0.2, 0) is 4.79 Å². The predicted molar refractivity (Wildman–Crippen MR) is 97.0 cm³/mol. The highest BCUT2D eigenvalue weighted by atomic mass is 19.4. The molecule has 1 aromatic heterocycles. The Hall–Kier alpha value is -2.97. The summed E-state index contributed by atoms with van der Waals surface area (Å²) in [6, 6.07) is 8.27. The number of likely N-dealkylation sites (tertiary alicyclic amines) is 1. The minimum Gasteiger partial charge on any atom is -0.459 e. The van der Waals surface area contributed by atoms with Crippen molar-refractivity contribution in [2.45, 2.75) is 32.2 Å². The minimum atomic E-state index is -4.74. The number of nitrogens with zero attached hydrogens (tertiary/aromatic N) is 1. The molecule has 0 spiro atoms. The van der Waals surface area contributed by atoms with Gasteiger partial charge in [0.2, 0.25) is 5.91 Å². The van der Waals surface area contributed by atoms with Gasteiger partial charge in [-0.25, -0.2) is 0 Å². The van der Waals surface area contributed by atoms with Crippen molar-refractivity contribution < 1.29 is 31.9 Å². The lowest BCUT2D eigenvalue weighted by atomic mass is 9.95. The Morgan fingerprint density at radius 1 is 1.17 bits per heavy atom. The van der Waals surface area contributed by atoms with Gasteiger partial charge < -0.3 is 19.4 Å². The van der Waals surface area contributed by atoms with E-state index in [2.05, 4.69) is 10.1 Å². The van der Waals surface area contributed by atoms with Gasteiger partial charge in [0.1, 0.15) is 5.75 Å². The summed E-state index contributed by atoms with van der Waals surface area (Å²) in [5.41, 5.74) is 0.665. The normalized spacial score (nSPS) is 16.3. The van der Waals surface area contributed by atoms with Crippen LogP contribution < -0.4 is 10.1 Å². The number of furan rings is 1. The van der Waals surface area contributed by atoms with E-state index in [1.54, 1.807) is 24.0 Å². The number of amides is 2. The van der Waals surface area contributed by atoms with Crippen LogP contribution in [0.2, 0.25) is 0 Å². The Balaban J connectivity index is 1.49. The molecular weight excluding hydrogens is 389 g/mol. The SMILES string of the molecule is CC(NC(=O)C1CCN(C(=O)c2ccco2)CC1)c1ccc(OC(F)(F)F)cc1. The van der Waals surface area contributed by atoms with Gasteiger partial charge in [0, 0.05) is 19.0 Å². The molecule has 2 amide bonds. The molecule has 2 aromatic rings. The van der Waals surface area contributed by atoms with Crippen LogP contribution in [0.5, 0.6) is 5.75 Å². The summed E-state index contributed by atoms with van der Waals surface area (Å²) < 4.78 is 45.6. The summed E-state index contributed by atoms with van der Waals surface area (Å²) in [5, 5.41) is 2.88. The Kier molecular flexibility index (Phi) is 6.14. The van der Waals surface area contributed by atoms with Crippen LogP contribution in [0.15, 0.2) is 47.1 Å². The van der Waals surface area contributed by atoms with Crippen molar-refractivity contribution in [3.8, 4) is 5.75 Å². The van der Waals surface area contributed by atoms with Crippen LogP contribution in [0.4, 0.5) is 13.2 Å². The standard InChI is InChI=1S/C20H21F3N2O4/c1-13(14-4-6-16(7-5-14)29-20(21,22)23)24-18(26)15-8-10-25(11-9-15)19(27)17-3-2-12-28-17/h2-7,12-13,15H,8-11H2,1H3,(H,24,26). The number of rotatable bonds is 5. The average molecular weight is 410 g/mol. The van der Waals surface area contributed by atoms with Crippen molar-refractivity contribution in [3.63, 3.8) is 0 Å². The summed E-state index contributed by atoms with van der Waals surface area (Å²) >= 11 is 0. The monoisotopic (exact) mass is 410 g/mol. The molecule has 1 aliphatic rings. The minimum absolute atomic E-state index is 0.141. The van der Waals surface area contributed by atoms with Crippen molar-refractivity contribution in [1.82, 2.24) is 10.2 Å². The van der Waals surface area contributed by atoms with E-state index in [9.17, 15) is 22.8 Å². The van der Waals surface area contributed by atoms with Crippen molar-refractivity contribution in [1.29, 1.82) is 0 Å². The molecule has 6 nitrogen and oxygen atoms in total. The van der Waals surface area contributed by atoms with Crippen molar-refractivity contribution in [3.05, 3.63) is 54.0 Å². The second kappa shape index (κ2) is 8.59. The summed E-state index contributed by atoms with van der Waals surface area (Å²) in [5.74, 6) is -0.597.